The Morgan fingerprint density at radius 2 is 2.00 bits per heavy atom. The van der Waals surface area contributed by atoms with E-state index in [1.165, 1.54) is 0 Å². The number of hydrogen-bond acceptors (Lipinski definition) is 3. The first-order valence-electron chi connectivity index (χ1n) is 5.95. The predicted molar refractivity (Wildman–Crippen MR) is 75.8 cm³/mol. The van der Waals surface area contributed by atoms with E-state index in [2.05, 4.69) is 6.07 Å². The minimum atomic E-state index is 0.601. The molecule has 2 rings (SSSR count). The Bertz CT molecular complexity index is 656. The van der Waals surface area contributed by atoms with Gasteiger partial charge >= 0.3 is 0 Å². The van der Waals surface area contributed by atoms with E-state index in [0.717, 1.165) is 23.2 Å². The molecule has 3 heteroatoms. The number of carbonyl (C=O) groups excluding carboxylic acids is 1. The number of anilines is 2. The SMILES string of the molecule is Cc1ccc(N(C)c2cccc(C#N)c2)c(C=O)c1. The van der Waals surface area contributed by atoms with E-state index in [1.807, 2.05) is 49.2 Å². The van der Waals surface area contributed by atoms with Gasteiger partial charge in [0.15, 0.2) is 6.29 Å². The Balaban J connectivity index is 2.46. The van der Waals surface area contributed by atoms with Crippen molar-refractivity contribution in [2.24, 2.45) is 0 Å². The van der Waals surface area contributed by atoms with Gasteiger partial charge in [0.25, 0.3) is 0 Å². The average Bonchev–Trinajstić information content (AvgIpc) is 2.46. The van der Waals surface area contributed by atoms with Crippen LogP contribution in [0.15, 0.2) is 42.5 Å². The van der Waals surface area contributed by atoms with Crippen LogP contribution in [0.3, 0.4) is 0 Å². The van der Waals surface area contributed by atoms with E-state index in [-0.39, 0.29) is 0 Å². The van der Waals surface area contributed by atoms with Gasteiger partial charge in [-0.15, -0.1) is 0 Å². The second kappa shape index (κ2) is 5.36. The van der Waals surface area contributed by atoms with Crippen LogP contribution in [-0.2, 0) is 0 Å². The van der Waals surface area contributed by atoms with E-state index in [9.17, 15) is 4.79 Å². The molecule has 0 unspecified atom stereocenters. The normalized spacial score (nSPS) is 9.74. The van der Waals surface area contributed by atoms with Crippen LogP contribution in [0.25, 0.3) is 0 Å². The molecule has 0 amide bonds. The quantitative estimate of drug-likeness (QED) is 0.784. The van der Waals surface area contributed by atoms with Gasteiger partial charge in [0, 0.05) is 18.3 Å². The number of aldehydes is 1. The number of benzene rings is 2. The van der Waals surface area contributed by atoms with Gasteiger partial charge < -0.3 is 4.90 Å². The Hall–Kier alpha value is -2.60. The number of rotatable bonds is 3. The van der Waals surface area contributed by atoms with Gasteiger partial charge in [0.1, 0.15) is 0 Å². The Labute approximate surface area is 112 Å². The molecule has 0 aromatic heterocycles. The summed E-state index contributed by atoms with van der Waals surface area (Å²) in [7, 11) is 1.88. The van der Waals surface area contributed by atoms with Crippen LogP contribution >= 0.6 is 0 Å². The summed E-state index contributed by atoms with van der Waals surface area (Å²) in [4.78, 5) is 13.1. The summed E-state index contributed by atoms with van der Waals surface area (Å²) in [6.07, 6.45) is 0.854. The minimum Gasteiger partial charge on any atom is -0.344 e. The summed E-state index contributed by atoms with van der Waals surface area (Å²) in [5, 5.41) is 8.93. The molecule has 0 aliphatic heterocycles. The molecular weight excluding hydrogens is 236 g/mol. The van der Waals surface area contributed by atoms with Crippen molar-refractivity contribution in [2.45, 2.75) is 6.92 Å². The summed E-state index contributed by atoms with van der Waals surface area (Å²) in [5.41, 5.74) is 4.00. The number of aryl methyl sites for hydroxylation is 1. The second-order valence-corrected chi connectivity index (χ2v) is 4.40. The third-order valence-corrected chi connectivity index (χ3v) is 3.03. The van der Waals surface area contributed by atoms with Crippen molar-refractivity contribution in [2.75, 3.05) is 11.9 Å². The smallest absolute Gasteiger partial charge is 0.152 e. The van der Waals surface area contributed by atoms with Gasteiger partial charge in [-0.3, -0.25) is 4.79 Å². The highest BCUT2D eigenvalue weighted by Gasteiger charge is 2.09. The molecule has 0 saturated heterocycles. The first-order chi connectivity index (χ1) is 9.15. The van der Waals surface area contributed by atoms with Crippen molar-refractivity contribution in [3.63, 3.8) is 0 Å². The molecule has 2 aromatic carbocycles. The predicted octanol–water partition coefficient (Wildman–Crippen LogP) is 3.45. The van der Waals surface area contributed by atoms with Crippen LogP contribution in [0, 0.1) is 18.3 Å². The Kier molecular flexibility index (Phi) is 3.63. The van der Waals surface area contributed by atoms with Crippen molar-refractivity contribution in [1.82, 2.24) is 0 Å². The molecule has 0 aliphatic rings. The van der Waals surface area contributed by atoms with E-state index in [1.54, 1.807) is 12.1 Å². The van der Waals surface area contributed by atoms with Crippen LogP contribution < -0.4 is 4.90 Å². The lowest BCUT2D eigenvalue weighted by atomic mass is 10.1. The van der Waals surface area contributed by atoms with Crippen molar-refractivity contribution in [3.8, 4) is 6.07 Å². The molecular formula is C16H14N2O. The molecule has 0 fully saturated rings. The molecule has 3 nitrogen and oxygen atoms in total. The zero-order valence-corrected chi connectivity index (χ0v) is 10.9. The number of nitrogens with zero attached hydrogens (tertiary/aromatic N) is 2. The summed E-state index contributed by atoms with van der Waals surface area (Å²) in [6.45, 7) is 1.95. The van der Waals surface area contributed by atoms with Gasteiger partial charge in [0.05, 0.1) is 17.3 Å². The third-order valence-electron chi connectivity index (χ3n) is 3.03. The first-order valence-corrected chi connectivity index (χ1v) is 5.95. The number of carbonyl (C=O) groups is 1. The molecule has 0 spiro atoms. The van der Waals surface area contributed by atoms with Crippen LogP contribution in [0.5, 0.6) is 0 Å². The second-order valence-electron chi connectivity index (χ2n) is 4.40. The topological polar surface area (TPSA) is 44.1 Å². The average molecular weight is 250 g/mol. The largest absolute Gasteiger partial charge is 0.344 e. The fraction of sp³-hybridized carbons (Fsp3) is 0.125. The van der Waals surface area contributed by atoms with E-state index < -0.39 is 0 Å². The Morgan fingerprint density at radius 3 is 2.68 bits per heavy atom. The molecule has 2 aromatic rings. The minimum absolute atomic E-state index is 0.601. The maximum Gasteiger partial charge on any atom is 0.152 e. The number of hydrogen-bond donors (Lipinski definition) is 0. The highest BCUT2D eigenvalue weighted by atomic mass is 16.1. The lowest BCUT2D eigenvalue weighted by Gasteiger charge is -2.21. The zero-order chi connectivity index (χ0) is 13.8. The molecule has 0 atom stereocenters. The summed E-state index contributed by atoms with van der Waals surface area (Å²) >= 11 is 0. The van der Waals surface area contributed by atoms with Crippen molar-refractivity contribution in [3.05, 3.63) is 59.2 Å². The van der Waals surface area contributed by atoms with E-state index >= 15 is 0 Å². The molecule has 0 heterocycles. The van der Waals surface area contributed by atoms with Gasteiger partial charge in [-0.25, -0.2) is 0 Å². The molecule has 94 valence electrons. The maximum absolute atomic E-state index is 11.2. The molecule has 0 N–H and O–H groups in total. The van der Waals surface area contributed by atoms with Gasteiger partial charge in [-0.1, -0.05) is 17.7 Å². The number of nitriles is 1. The highest BCUT2D eigenvalue weighted by molar-refractivity contribution is 5.87. The molecule has 19 heavy (non-hydrogen) atoms. The Morgan fingerprint density at radius 1 is 1.21 bits per heavy atom. The lowest BCUT2D eigenvalue weighted by molar-refractivity contribution is 0.112. The molecule has 0 radical (unpaired) electrons. The molecule has 0 aliphatic carbocycles. The first kappa shape index (κ1) is 12.8. The van der Waals surface area contributed by atoms with Gasteiger partial charge in [-0.2, -0.15) is 5.26 Å². The van der Waals surface area contributed by atoms with Gasteiger partial charge in [0.2, 0.25) is 0 Å². The van der Waals surface area contributed by atoms with Gasteiger partial charge in [-0.05, 0) is 37.3 Å². The van der Waals surface area contributed by atoms with Crippen LogP contribution in [0.2, 0.25) is 0 Å². The zero-order valence-electron chi connectivity index (χ0n) is 10.9. The summed E-state index contributed by atoms with van der Waals surface area (Å²) in [5.74, 6) is 0. The maximum atomic E-state index is 11.2. The summed E-state index contributed by atoms with van der Waals surface area (Å²) < 4.78 is 0. The van der Waals surface area contributed by atoms with Crippen molar-refractivity contribution < 1.29 is 4.79 Å². The monoisotopic (exact) mass is 250 g/mol. The third kappa shape index (κ3) is 2.63. The van der Waals surface area contributed by atoms with Crippen LogP contribution in [0.4, 0.5) is 11.4 Å². The lowest BCUT2D eigenvalue weighted by Crippen LogP contribution is -2.11. The molecule has 0 bridgehead atoms. The van der Waals surface area contributed by atoms with E-state index in [4.69, 9.17) is 5.26 Å². The molecule has 0 saturated carbocycles. The van der Waals surface area contributed by atoms with E-state index in [0.29, 0.717) is 11.1 Å². The fourth-order valence-corrected chi connectivity index (χ4v) is 2.00. The fourth-order valence-electron chi connectivity index (χ4n) is 2.00. The highest BCUT2D eigenvalue weighted by Crippen LogP contribution is 2.27. The van der Waals surface area contributed by atoms with Crippen molar-refractivity contribution in [1.29, 1.82) is 5.26 Å². The summed E-state index contributed by atoms with van der Waals surface area (Å²) in [6, 6.07) is 15.2. The van der Waals surface area contributed by atoms with Crippen molar-refractivity contribution >= 4 is 17.7 Å². The van der Waals surface area contributed by atoms with Crippen LogP contribution in [-0.4, -0.2) is 13.3 Å². The van der Waals surface area contributed by atoms with Crippen LogP contribution in [0.1, 0.15) is 21.5 Å². The standard InChI is InChI=1S/C16H14N2O/c1-12-6-7-16(14(8-12)11-19)18(2)15-5-3-4-13(9-15)10-17/h3-9,11H,1-2H3.